The van der Waals surface area contributed by atoms with Crippen molar-refractivity contribution in [2.75, 3.05) is 5.32 Å². The Labute approximate surface area is 172 Å². The maximum absolute atomic E-state index is 12.7. The summed E-state index contributed by atoms with van der Waals surface area (Å²) in [5.41, 5.74) is 2.67. The van der Waals surface area contributed by atoms with Crippen LogP contribution in [0.2, 0.25) is 0 Å². The molecule has 1 aromatic heterocycles. The van der Waals surface area contributed by atoms with Gasteiger partial charge in [0.05, 0.1) is 18.3 Å². The molecular weight excluding hydrogens is 364 g/mol. The highest BCUT2D eigenvalue weighted by Gasteiger charge is 2.29. The van der Waals surface area contributed by atoms with Gasteiger partial charge in [0.1, 0.15) is 17.7 Å². The third-order valence-electron chi connectivity index (χ3n) is 4.59. The Bertz CT molecular complexity index is 884. The number of aromatic nitrogens is 2. The fraction of sp³-hybridized carbons (Fsp3) is 0.261. The molecular formula is C23H28N4O2. The normalized spacial score (nSPS) is 17.7. The van der Waals surface area contributed by atoms with Crippen LogP contribution in [0.5, 0.6) is 0 Å². The third kappa shape index (κ3) is 5.54. The molecule has 2 heterocycles. The first-order chi connectivity index (χ1) is 14.0. The molecule has 2 N–H and O–H groups in total. The van der Waals surface area contributed by atoms with E-state index in [0.717, 1.165) is 29.7 Å². The van der Waals surface area contributed by atoms with Gasteiger partial charge >= 0.3 is 0 Å². The topological polar surface area (TPSA) is 76.0 Å². The zero-order chi connectivity index (χ0) is 21.2. The summed E-state index contributed by atoms with van der Waals surface area (Å²) in [6.07, 6.45) is 8.77. The van der Waals surface area contributed by atoms with Crippen LogP contribution in [0.3, 0.4) is 0 Å². The summed E-state index contributed by atoms with van der Waals surface area (Å²) in [6, 6.07) is 10.1. The number of fused-ring (bicyclic) bond motifs is 1. The van der Waals surface area contributed by atoms with Gasteiger partial charge in [-0.1, -0.05) is 61.7 Å². The maximum Gasteiger partial charge on any atom is 0.256 e. The predicted octanol–water partition coefficient (Wildman–Crippen LogP) is 4.06. The van der Waals surface area contributed by atoms with E-state index in [1.165, 1.54) is 6.92 Å². The van der Waals surface area contributed by atoms with Crippen molar-refractivity contribution >= 4 is 18.0 Å². The first-order valence-electron chi connectivity index (χ1n) is 9.56. The van der Waals surface area contributed by atoms with E-state index in [-0.39, 0.29) is 18.0 Å². The fourth-order valence-electron chi connectivity index (χ4n) is 3.23. The van der Waals surface area contributed by atoms with E-state index >= 15 is 0 Å². The Morgan fingerprint density at radius 2 is 2.03 bits per heavy atom. The van der Waals surface area contributed by atoms with Gasteiger partial charge in [0, 0.05) is 6.54 Å². The number of carbonyl (C=O) groups is 2. The van der Waals surface area contributed by atoms with Crippen LogP contribution in [0, 0.1) is 0 Å². The SMILES string of the molecule is C=C/C=C(\C=C)C1CC(C)n2ncc(C(=O)NCc3ccccc3)c2N1.CC=O. The quantitative estimate of drug-likeness (QED) is 0.574. The molecule has 3 rings (SSSR count). The molecule has 152 valence electrons. The van der Waals surface area contributed by atoms with E-state index in [4.69, 9.17) is 4.79 Å². The standard InChI is InChI=1S/C21H24N4O.C2H4O/c1-4-9-17(5-2)19-12-15(3)25-20(24-19)18(14-23-25)21(26)22-13-16-10-7-6-8-11-16;1-2-3/h4-11,14-15,19,24H,1-2,12-13H2,3H3,(H,22,26);2H,1H3/b17-9+;. The van der Waals surface area contributed by atoms with Gasteiger partial charge in [0.2, 0.25) is 0 Å². The molecule has 1 amide bonds. The molecule has 2 unspecified atom stereocenters. The molecule has 0 bridgehead atoms. The van der Waals surface area contributed by atoms with Crippen molar-refractivity contribution in [2.45, 2.75) is 38.9 Å². The smallest absolute Gasteiger partial charge is 0.256 e. The number of nitrogens with one attached hydrogen (secondary N) is 2. The highest BCUT2D eigenvalue weighted by atomic mass is 16.1. The molecule has 0 saturated heterocycles. The first kappa shape index (κ1) is 21.9. The predicted molar refractivity (Wildman–Crippen MR) is 117 cm³/mol. The molecule has 1 aliphatic rings. The summed E-state index contributed by atoms with van der Waals surface area (Å²) in [5, 5.41) is 10.8. The maximum atomic E-state index is 12.7. The first-order valence-corrected chi connectivity index (χ1v) is 9.56. The van der Waals surface area contributed by atoms with E-state index < -0.39 is 0 Å². The van der Waals surface area contributed by atoms with E-state index in [1.807, 2.05) is 47.2 Å². The van der Waals surface area contributed by atoms with Crippen LogP contribution in [0.25, 0.3) is 0 Å². The van der Waals surface area contributed by atoms with Crippen molar-refractivity contribution in [1.82, 2.24) is 15.1 Å². The molecule has 6 nitrogen and oxygen atoms in total. The average Bonchev–Trinajstić information content (AvgIpc) is 3.16. The summed E-state index contributed by atoms with van der Waals surface area (Å²) < 4.78 is 1.88. The van der Waals surface area contributed by atoms with Crippen LogP contribution in [-0.4, -0.2) is 28.0 Å². The number of rotatable bonds is 6. The van der Waals surface area contributed by atoms with Gasteiger partial charge in [-0.25, -0.2) is 4.68 Å². The monoisotopic (exact) mass is 392 g/mol. The number of nitrogens with zero attached hydrogens (tertiary/aromatic N) is 2. The molecule has 29 heavy (non-hydrogen) atoms. The molecule has 0 radical (unpaired) electrons. The number of aldehydes is 1. The van der Waals surface area contributed by atoms with Crippen LogP contribution in [0.1, 0.15) is 42.2 Å². The molecule has 2 aromatic rings. The van der Waals surface area contributed by atoms with Crippen LogP contribution in [-0.2, 0) is 11.3 Å². The van der Waals surface area contributed by atoms with Crippen molar-refractivity contribution in [2.24, 2.45) is 0 Å². The zero-order valence-corrected chi connectivity index (χ0v) is 17.0. The van der Waals surface area contributed by atoms with Crippen LogP contribution in [0.4, 0.5) is 5.82 Å². The molecule has 1 aliphatic heterocycles. The second kappa shape index (κ2) is 10.8. The highest BCUT2D eigenvalue weighted by molar-refractivity contribution is 5.98. The minimum absolute atomic E-state index is 0.0744. The second-order valence-corrected chi connectivity index (χ2v) is 6.64. The number of hydrogen-bond donors (Lipinski definition) is 2. The largest absolute Gasteiger partial charge is 0.363 e. The average molecular weight is 393 g/mol. The van der Waals surface area contributed by atoms with E-state index in [2.05, 4.69) is 35.8 Å². The lowest BCUT2D eigenvalue weighted by Crippen LogP contribution is -2.34. The molecule has 0 saturated carbocycles. The Kier molecular flexibility index (Phi) is 8.15. The van der Waals surface area contributed by atoms with Crippen molar-refractivity contribution < 1.29 is 9.59 Å². The molecule has 0 aliphatic carbocycles. The molecule has 2 atom stereocenters. The number of amides is 1. The van der Waals surface area contributed by atoms with Crippen molar-refractivity contribution in [1.29, 1.82) is 0 Å². The lowest BCUT2D eigenvalue weighted by atomic mass is 9.97. The van der Waals surface area contributed by atoms with Gasteiger partial charge in [-0.15, -0.1) is 0 Å². The van der Waals surface area contributed by atoms with E-state index in [1.54, 1.807) is 12.3 Å². The summed E-state index contributed by atoms with van der Waals surface area (Å²) in [5.74, 6) is 0.611. The van der Waals surface area contributed by atoms with Gasteiger partial charge in [0.15, 0.2) is 0 Å². The summed E-state index contributed by atoms with van der Waals surface area (Å²) in [6.45, 7) is 11.7. The van der Waals surface area contributed by atoms with Crippen molar-refractivity contribution in [3.05, 3.63) is 84.6 Å². The van der Waals surface area contributed by atoms with Crippen LogP contribution < -0.4 is 10.6 Å². The number of anilines is 1. The summed E-state index contributed by atoms with van der Waals surface area (Å²) >= 11 is 0. The number of allylic oxidation sites excluding steroid dienone is 2. The minimum Gasteiger partial charge on any atom is -0.363 e. The Balaban J connectivity index is 0.000000941. The van der Waals surface area contributed by atoms with Gasteiger partial charge in [0.25, 0.3) is 5.91 Å². The number of benzene rings is 1. The van der Waals surface area contributed by atoms with Crippen LogP contribution in [0.15, 0.2) is 73.5 Å². The van der Waals surface area contributed by atoms with Gasteiger partial charge < -0.3 is 15.4 Å². The summed E-state index contributed by atoms with van der Waals surface area (Å²) in [7, 11) is 0. The molecule has 1 aromatic carbocycles. The lowest BCUT2D eigenvalue weighted by Gasteiger charge is -2.31. The Hall–Kier alpha value is -3.41. The molecule has 0 fully saturated rings. The van der Waals surface area contributed by atoms with E-state index in [0.29, 0.717) is 12.1 Å². The summed E-state index contributed by atoms with van der Waals surface area (Å²) in [4.78, 5) is 21.5. The number of carbonyl (C=O) groups excluding carboxylic acids is 2. The Morgan fingerprint density at radius 1 is 1.34 bits per heavy atom. The lowest BCUT2D eigenvalue weighted by molar-refractivity contribution is -0.106. The molecule has 0 spiro atoms. The zero-order valence-electron chi connectivity index (χ0n) is 17.0. The van der Waals surface area contributed by atoms with Crippen molar-refractivity contribution in [3.8, 4) is 0 Å². The van der Waals surface area contributed by atoms with Crippen LogP contribution >= 0.6 is 0 Å². The molecule has 6 heteroatoms. The fourth-order valence-corrected chi connectivity index (χ4v) is 3.23. The van der Waals surface area contributed by atoms with Crippen molar-refractivity contribution in [3.63, 3.8) is 0 Å². The third-order valence-corrected chi connectivity index (χ3v) is 4.59. The van der Waals surface area contributed by atoms with Gasteiger partial charge in [-0.3, -0.25) is 4.79 Å². The minimum atomic E-state index is -0.136. The number of hydrogen-bond acceptors (Lipinski definition) is 4. The highest BCUT2D eigenvalue weighted by Crippen LogP contribution is 2.32. The van der Waals surface area contributed by atoms with E-state index in [9.17, 15) is 4.79 Å². The second-order valence-electron chi connectivity index (χ2n) is 6.64. The Morgan fingerprint density at radius 3 is 2.66 bits per heavy atom. The van der Waals surface area contributed by atoms with Gasteiger partial charge in [-0.05, 0) is 31.4 Å². The van der Waals surface area contributed by atoms with Gasteiger partial charge in [-0.2, -0.15) is 5.10 Å².